The maximum Gasteiger partial charge on any atom is 0.0473 e. The molecule has 1 aromatic carbocycles. The Morgan fingerprint density at radius 2 is 1.90 bits per heavy atom. The predicted octanol–water partition coefficient (Wildman–Crippen LogP) is 3.77. The second-order valence-electron chi connectivity index (χ2n) is 6.28. The number of rotatable bonds is 4. The summed E-state index contributed by atoms with van der Waals surface area (Å²) in [6, 6.07) is 9.89. The summed E-state index contributed by atoms with van der Waals surface area (Å²) in [6.07, 6.45) is 3.45. The Labute approximate surface area is 128 Å². The number of thioether (sulfide) groups is 1. The minimum Gasteiger partial charge on any atom is -0.329 e. The topological polar surface area (TPSA) is 29.3 Å². The van der Waals surface area contributed by atoms with E-state index < -0.39 is 0 Å². The molecule has 1 aliphatic rings. The van der Waals surface area contributed by atoms with Crippen LogP contribution in [0.2, 0.25) is 0 Å². The molecule has 112 valence electrons. The highest BCUT2D eigenvalue weighted by molar-refractivity contribution is 7.98. The van der Waals surface area contributed by atoms with Crippen molar-refractivity contribution in [3.63, 3.8) is 0 Å². The van der Waals surface area contributed by atoms with Gasteiger partial charge in [0.1, 0.15) is 0 Å². The lowest BCUT2D eigenvalue weighted by Gasteiger charge is -2.45. The number of benzene rings is 1. The van der Waals surface area contributed by atoms with Crippen molar-refractivity contribution in [2.24, 2.45) is 17.6 Å². The molecule has 4 unspecified atom stereocenters. The highest BCUT2D eigenvalue weighted by Gasteiger charge is 2.33. The average Bonchev–Trinajstić information content (AvgIpc) is 2.45. The van der Waals surface area contributed by atoms with Gasteiger partial charge in [0, 0.05) is 30.1 Å². The van der Waals surface area contributed by atoms with Crippen LogP contribution in [-0.4, -0.2) is 30.3 Å². The van der Waals surface area contributed by atoms with Gasteiger partial charge in [0.05, 0.1) is 0 Å². The quantitative estimate of drug-likeness (QED) is 0.857. The monoisotopic (exact) mass is 292 g/mol. The molecular formula is C17H28N2S. The van der Waals surface area contributed by atoms with Crippen LogP contribution in [0, 0.1) is 11.8 Å². The molecule has 4 atom stereocenters. The van der Waals surface area contributed by atoms with Crippen molar-refractivity contribution in [1.29, 1.82) is 0 Å². The first-order valence-electron chi connectivity index (χ1n) is 7.66. The van der Waals surface area contributed by atoms with E-state index in [2.05, 4.69) is 56.2 Å². The molecule has 0 saturated carbocycles. The maximum atomic E-state index is 6.11. The third kappa shape index (κ3) is 3.38. The second-order valence-corrected chi connectivity index (χ2v) is 7.16. The van der Waals surface area contributed by atoms with Crippen LogP contribution >= 0.6 is 11.8 Å². The number of likely N-dealkylation sites (tertiary alicyclic amines) is 1. The molecule has 2 N–H and O–H groups in total. The Morgan fingerprint density at radius 1 is 1.25 bits per heavy atom. The summed E-state index contributed by atoms with van der Waals surface area (Å²) in [5, 5.41) is 0. The Morgan fingerprint density at radius 3 is 2.45 bits per heavy atom. The zero-order chi connectivity index (χ0) is 14.7. The molecule has 0 aromatic heterocycles. The number of nitrogens with two attached hydrogens (primary N) is 1. The molecule has 20 heavy (non-hydrogen) atoms. The van der Waals surface area contributed by atoms with Crippen molar-refractivity contribution in [2.75, 3.05) is 19.3 Å². The number of hydrogen-bond acceptors (Lipinski definition) is 3. The van der Waals surface area contributed by atoms with Crippen molar-refractivity contribution in [1.82, 2.24) is 4.90 Å². The summed E-state index contributed by atoms with van der Waals surface area (Å²) in [4.78, 5) is 3.94. The Balaban J connectivity index is 2.21. The second kappa shape index (κ2) is 6.97. The van der Waals surface area contributed by atoms with Gasteiger partial charge in [-0.25, -0.2) is 0 Å². The third-order valence-corrected chi connectivity index (χ3v) is 5.51. The van der Waals surface area contributed by atoms with Gasteiger partial charge in [-0.2, -0.15) is 0 Å². The summed E-state index contributed by atoms with van der Waals surface area (Å²) in [6.45, 7) is 8.95. The van der Waals surface area contributed by atoms with Gasteiger partial charge in [-0.15, -0.1) is 11.8 Å². The van der Waals surface area contributed by atoms with Crippen LogP contribution in [0.5, 0.6) is 0 Å². The van der Waals surface area contributed by atoms with Gasteiger partial charge in [-0.05, 0) is 49.1 Å². The van der Waals surface area contributed by atoms with Gasteiger partial charge in [0.25, 0.3) is 0 Å². The van der Waals surface area contributed by atoms with Gasteiger partial charge >= 0.3 is 0 Å². The summed E-state index contributed by atoms with van der Waals surface area (Å²) in [5.74, 6) is 1.51. The van der Waals surface area contributed by atoms with Gasteiger partial charge in [-0.1, -0.05) is 26.0 Å². The van der Waals surface area contributed by atoms with Crippen LogP contribution in [0.25, 0.3) is 0 Å². The molecule has 1 aromatic rings. The van der Waals surface area contributed by atoms with Crippen LogP contribution in [0.1, 0.15) is 38.8 Å². The normalized spacial score (nSPS) is 29.4. The van der Waals surface area contributed by atoms with E-state index in [0.717, 1.165) is 18.4 Å². The minimum atomic E-state index is 0.353. The van der Waals surface area contributed by atoms with E-state index in [1.165, 1.54) is 16.9 Å². The average molecular weight is 292 g/mol. The molecule has 1 saturated heterocycles. The SMILES string of the molecule is CSc1ccc(C(CN)N2CC(C)CC(C)C2C)cc1. The molecule has 1 fully saturated rings. The van der Waals surface area contributed by atoms with E-state index in [0.29, 0.717) is 18.6 Å². The first kappa shape index (κ1) is 15.9. The van der Waals surface area contributed by atoms with Crippen molar-refractivity contribution >= 4 is 11.8 Å². The molecule has 0 spiro atoms. The maximum absolute atomic E-state index is 6.11. The summed E-state index contributed by atoms with van der Waals surface area (Å²) >= 11 is 1.79. The Kier molecular flexibility index (Phi) is 5.53. The van der Waals surface area contributed by atoms with Gasteiger partial charge in [0.2, 0.25) is 0 Å². The van der Waals surface area contributed by atoms with Crippen molar-refractivity contribution in [3.8, 4) is 0 Å². The van der Waals surface area contributed by atoms with E-state index >= 15 is 0 Å². The highest BCUT2D eigenvalue weighted by Crippen LogP contribution is 2.33. The number of nitrogens with zero attached hydrogens (tertiary/aromatic N) is 1. The molecule has 3 heteroatoms. The highest BCUT2D eigenvalue weighted by atomic mass is 32.2. The van der Waals surface area contributed by atoms with Gasteiger partial charge in [0.15, 0.2) is 0 Å². The van der Waals surface area contributed by atoms with E-state index in [-0.39, 0.29) is 0 Å². The van der Waals surface area contributed by atoms with E-state index in [4.69, 9.17) is 5.73 Å². The van der Waals surface area contributed by atoms with Crippen LogP contribution in [-0.2, 0) is 0 Å². The summed E-state index contributed by atoms with van der Waals surface area (Å²) in [7, 11) is 0. The summed E-state index contributed by atoms with van der Waals surface area (Å²) in [5.41, 5.74) is 7.47. The van der Waals surface area contributed by atoms with Crippen LogP contribution < -0.4 is 5.73 Å². The molecule has 0 amide bonds. The zero-order valence-electron chi connectivity index (χ0n) is 13.2. The molecule has 2 rings (SSSR count). The fourth-order valence-corrected chi connectivity index (χ4v) is 3.87. The molecule has 0 radical (unpaired) electrons. The predicted molar refractivity (Wildman–Crippen MR) is 89.1 cm³/mol. The first-order chi connectivity index (χ1) is 9.56. The fourth-order valence-electron chi connectivity index (χ4n) is 3.46. The molecule has 0 bridgehead atoms. The molecular weight excluding hydrogens is 264 g/mol. The molecule has 1 aliphatic heterocycles. The summed E-state index contributed by atoms with van der Waals surface area (Å²) < 4.78 is 0. The van der Waals surface area contributed by atoms with Crippen molar-refractivity contribution in [2.45, 2.75) is 44.2 Å². The lowest BCUT2D eigenvalue weighted by molar-refractivity contribution is 0.0424. The lowest BCUT2D eigenvalue weighted by atomic mass is 9.84. The van der Waals surface area contributed by atoms with E-state index in [1.807, 2.05) is 0 Å². The third-order valence-electron chi connectivity index (χ3n) is 4.77. The van der Waals surface area contributed by atoms with Crippen molar-refractivity contribution < 1.29 is 0 Å². The zero-order valence-corrected chi connectivity index (χ0v) is 14.0. The van der Waals surface area contributed by atoms with Crippen LogP contribution in [0.3, 0.4) is 0 Å². The van der Waals surface area contributed by atoms with Gasteiger partial charge < -0.3 is 5.73 Å². The van der Waals surface area contributed by atoms with Crippen LogP contribution in [0.4, 0.5) is 0 Å². The standard InChI is InChI=1S/C17H28N2S/c1-12-9-13(2)14(3)19(11-12)17(10-18)15-5-7-16(20-4)8-6-15/h5-8,12-14,17H,9-11,18H2,1-4H3. The van der Waals surface area contributed by atoms with E-state index in [9.17, 15) is 0 Å². The van der Waals surface area contributed by atoms with Crippen molar-refractivity contribution in [3.05, 3.63) is 29.8 Å². The smallest absolute Gasteiger partial charge is 0.0473 e. The molecule has 2 nitrogen and oxygen atoms in total. The lowest BCUT2D eigenvalue weighted by Crippen LogP contribution is -2.49. The molecule has 0 aliphatic carbocycles. The molecule has 1 heterocycles. The number of piperidine rings is 1. The largest absolute Gasteiger partial charge is 0.329 e. The Bertz CT molecular complexity index is 418. The first-order valence-corrected chi connectivity index (χ1v) is 8.89. The number of hydrogen-bond donors (Lipinski definition) is 1. The fraction of sp³-hybridized carbons (Fsp3) is 0.647. The minimum absolute atomic E-state index is 0.353. The van der Waals surface area contributed by atoms with Gasteiger partial charge in [-0.3, -0.25) is 4.90 Å². The Hall–Kier alpha value is -0.510. The van der Waals surface area contributed by atoms with E-state index in [1.54, 1.807) is 11.8 Å². The van der Waals surface area contributed by atoms with Crippen LogP contribution in [0.15, 0.2) is 29.2 Å².